The highest BCUT2D eigenvalue weighted by atomic mass is 32.1. The lowest BCUT2D eigenvalue weighted by Crippen LogP contribution is -2.33. The molecular weight excluding hydrogens is 216 g/mol. The summed E-state index contributed by atoms with van der Waals surface area (Å²) in [5.41, 5.74) is 1.53. The van der Waals surface area contributed by atoms with Gasteiger partial charge in [-0.2, -0.15) is 0 Å². The molecule has 0 aliphatic carbocycles. The Morgan fingerprint density at radius 2 is 2.12 bits per heavy atom. The summed E-state index contributed by atoms with van der Waals surface area (Å²) in [6.45, 7) is 13.3. The number of aryl methyl sites for hydroxylation is 1. The Hall–Kier alpha value is -0.410. The minimum Gasteiger partial charge on any atom is -0.311 e. The van der Waals surface area contributed by atoms with Gasteiger partial charge in [0.25, 0.3) is 0 Å². The molecule has 0 saturated heterocycles. The summed E-state index contributed by atoms with van der Waals surface area (Å²) in [6, 6.07) is 0. The van der Waals surface area contributed by atoms with Gasteiger partial charge in [-0.3, -0.25) is 0 Å². The molecule has 0 aliphatic rings. The molecule has 0 radical (unpaired) electrons. The van der Waals surface area contributed by atoms with Gasteiger partial charge in [-0.25, -0.2) is 4.98 Å². The van der Waals surface area contributed by atoms with E-state index in [1.807, 2.05) is 0 Å². The lowest BCUT2D eigenvalue weighted by Gasteiger charge is -2.29. The third-order valence-electron chi connectivity index (χ3n) is 3.35. The summed E-state index contributed by atoms with van der Waals surface area (Å²) in [5, 5.41) is 6.90. The number of nitrogens with one attached hydrogen (secondary N) is 1. The Kier molecular flexibility index (Phi) is 4.93. The fourth-order valence-electron chi connectivity index (χ4n) is 1.31. The number of hydrogen-bond donors (Lipinski definition) is 1. The fourth-order valence-corrected chi connectivity index (χ4v) is 2.05. The van der Waals surface area contributed by atoms with Crippen molar-refractivity contribution in [3.05, 3.63) is 16.1 Å². The van der Waals surface area contributed by atoms with Gasteiger partial charge in [-0.05, 0) is 17.8 Å². The van der Waals surface area contributed by atoms with Crippen molar-refractivity contribution in [1.82, 2.24) is 10.3 Å². The minimum absolute atomic E-state index is 0.351. The Balaban J connectivity index is 2.35. The van der Waals surface area contributed by atoms with Crippen LogP contribution in [-0.2, 0) is 13.0 Å². The fraction of sp³-hybridized carbons (Fsp3) is 0.769. The van der Waals surface area contributed by atoms with Gasteiger partial charge in [-0.15, -0.1) is 11.3 Å². The largest absolute Gasteiger partial charge is 0.311 e. The van der Waals surface area contributed by atoms with Gasteiger partial charge in [0.1, 0.15) is 0 Å². The van der Waals surface area contributed by atoms with E-state index in [1.165, 1.54) is 10.7 Å². The normalized spacial score (nSPS) is 12.4. The van der Waals surface area contributed by atoms with E-state index < -0.39 is 0 Å². The molecule has 1 aromatic heterocycles. The second-order valence-electron chi connectivity index (χ2n) is 5.33. The summed E-state index contributed by atoms with van der Waals surface area (Å²) < 4.78 is 0. The van der Waals surface area contributed by atoms with Crippen LogP contribution >= 0.6 is 11.3 Å². The minimum atomic E-state index is 0.351. The molecule has 0 bridgehead atoms. The molecule has 0 aromatic carbocycles. The van der Waals surface area contributed by atoms with Gasteiger partial charge >= 0.3 is 0 Å². The Morgan fingerprint density at radius 3 is 2.62 bits per heavy atom. The van der Waals surface area contributed by atoms with Crippen LogP contribution in [0.25, 0.3) is 0 Å². The molecule has 0 fully saturated rings. The van der Waals surface area contributed by atoms with Crippen molar-refractivity contribution in [1.29, 1.82) is 0 Å². The Labute approximate surface area is 103 Å². The molecule has 0 atom stereocenters. The molecular formula is C13H24N2S. The SMILES string of the molecule is CCc1nc(CNCC(C)(C)C(C)C)cs1. The molecule has 0 saturated carbocycles. The maximum Gasteiger partial charge on any atom is 0.0926 e. The highest BCUT2D eigenvalue weighted by Gasteiger charge is 2.21. The number of nitrogens with zero attached hydrogens (tertiary/aromatic N) is 1. The van der Waals surface area contributed by atoms with E-state index in [4.69, 9.17) is 0 Å². The van der Waals surface area contributed by atoms with Gasteiger partial charge < -0.3 is 5.32 Å². The van der Waals surface area contributed by atoms with Crippen molar-refractivity contribution in [2.24, 2.45) is 11.3 Å². The topological polar surface area (TPSA) is 24.9 Å². The van der Waals surface area contributed by atoms with Crippen LogP contribution in [0.1, 0.15) is 45.3 Å². The Morgan fingerprint density at radius 1 is 1.44 bits per heavy atom. The van der Waals surface area contributed by atoms with Gasteiger partial charge in [0, 0.05) is 18.5 Å². The van der Waals surface area contributed by atoms with Crippen LogP contribution in [0.5, 0.6) is 0 Å². The molecule has 1 aromatic rings. The third kappa shape index (κ3) is 3.87. The van der Waals surface area contributed by atoms with Crippen LogP contribution in [-0.4, -0.2) is 11.5 Å². The first kappa shape index (κ1) is 13.7. The highest BCUT2D eigenvalue weighted by Crippen LogP contribution is 2.24. The summed E-state index contributed by atoms with van der Waals surface area (Å²) >= 11 is 1.76. The van der Waals surface area contributed by atoms with Crippen LogP contribution < -0.4 is 5.32 Å². The van der Waals surface area contributed by atoms with Crippen molar-refractivity contribution < 1.29 is 0 Å². The molecule has 1 heterocycles. The van der Waals surface area contributed by atoms with Crippen molar-refractivity contribution in [2.75, 3.05) is 6.54 Å². The van der Waals surface area contributed by atoms with Crippen LogP contribution in [0.2, 0.25) is 0 Å². The van der Waals surface area contributed by atoms with Crippen molar-refractivity contribution >= 4 is 11.3 Å². The van der Waals surface area contributed by atoms with Gasteiger partial charge in [0.2, 0.25) is 0 Å². The summed E-state index contributed by atoms with van der Waals surface area (Å²) in [5.74, 6) is 0.696. The van der Waals surface area contributed by atoms with Crippen LogP contribution in [0, 0.1) is 11.3 Å². The van der Waals surface area contributed by atoms with Gasteiger partial charge in [0.05, 0.1) is 10.7 Å². The van der Waals surface area contributed by atoms with Crippen molar-refractivity contribution in [3.63, 3.8) is 0 Å². The lowest BCUT2D eigenvalue weighted by molar-refractivity contribution is 0.237. The van der Waals surface area contributed by atoms with E-state index in [-0.39, 0.29) is 0 Å². The second-order valence-corrected chi connectivity index (χ2v) is 6.28. The number of hydrogen-bond acceptors (Lipinski definition) is 3. The van der Waals surface area contributed by atoms with E-state index >= 15 is 0 Å². The first-order chi connectivity index (χ1) is 7.45. The second kappa shape index (κ2) is 5.78. The first-order valence-electron chi connectivity index (χ1n) is 6.09. The Bertz CT molecular complexity index is 315. The summed E-state index contributed by atoms with van der Waals surface area (Å²) in [4.78, 5) is 4.55. The molecule has 16 heavy (non-hydrogen) atoms. The van der Waals surface area contributed by atoms with Crippen molar-refractivity contribution in [3.8, 4) is 0 Å². The lowest BCUT2D eigenvalue weighted by atomic mass is 9.81. The molecule has 2 nitrogen and oxygen atoms in total. The van der Waals surface area contributed by atoms with E-state index in [2.05, 4.69) is 50.3 Å². The smallest absolute Gasteiger partial charge is 0.0926 e. The molecule has 1 rings (SSSR count). The van der Waals surface area contributed by atoms with Crippen LogP contribution in [0.15, 0.2) is 5.38 Å². The van der Waals surface area contributed by atoms with Gasteiger partial charge in [-0.1, -0.05) is 34.6 Å². The third-order valence-corrected chi connectivity index (χ3v) is 4.39. The molecule has 0 spiro atoms. The standard InChI is InChI=1S/C13H24N2S/c1-6-12-15-11(8-16-12)7-14-9-13(4,5)10(2)3/h8,10,14H,6-7,9H2,1-5H3. The zero-order valence-corrected chi connectivity index (χ0v) is 11.9. The summed E-state index contributed by atoms with van der Waals surface area (Å²) in [7, 11) is 0. The van der Waals surface area contributed by atoms with Crippen LogP contribution in [0.3, 0.4) is 0 Å². The number of aromatic nitrogens is 1. The predicted molar refractivity (Wildman–Crippen MR) is 71.8 cm³/mol. The molecule has 0 amide bonds. The monoisotopic (exact) mass is 240 g/mol. The predicted octanol–water partition coefficient (Wildman–Crippen LogP) is 3.48. The quantitative estimate of drug-likeness (QED) is 0.823. The highest BCUT2D eigenvalue weighted by molar-refractivity contribution is 7.09. The average molecular weight is 240 g/mol. The van der Waals surface area contributed by atoms with E-state index in [1.54, 1.807) is 11.3 Å². The van der Waals surface area contributed by atoms with E-state index in [0.717, 1.165) is 19.5 Å². The molecule has 0 unspecified atom stereocenters. The zero-order chi connectivity index (χ0) is 12.2. The molecule has 92 valence electrons. The maximum atomic E-state index is 4.55. The van der Waals surface area contributed by atoms with Crippen LogP contribution in [0.4, 0.5) is 0 Å². The molecule has 1 N–H and O–H groups in total. The van der Waals surface area contributed by atoms with E-state index in [9.17, 15) is 0 Å². The van der Waals surface area contributed by atoms with E-state index in [0.29, 0.717) is 11.3 Å². The number of rotatable bonds is 6. The van der Waals surface area contributed by atoms with Gasteiger partial charge in [0.15, 0.2) is 0 Å². The summed E-state index contributed by atoms with van der Waals surface area (Å²) in [6.07, 6.45) is 1.04. The maximum absolute atomic E-state index is 4.55. The molecule has 0 aliphatic heterocycles. The molecule has 3 heteroatoms. The van der Waals surface area contributed by atoms with Crippen molar-refractivity contribution in [2.45, 2.75) is 47.6 Å². The number of thiazole rings is 1. The first-order valence-corrected chi connectivity index (χ1v) is 6.97. The zero-order valence-electron chi connectivity index (χ0n) is 11.1. The average Bonchev–Trinajstić information content (AvgIpc) is 2.65.